The van der Waals surface area contributed by atoms with Gasteiger partial charge in [0.05, 0.1) is 29.6 Å². The fourth-order valence-electron chi connectivity index (χ4n) is 5.82. The molecule has 0 radical (unpaired) electrons. The standard InChI is InChI=1S/C35H42N6O7S/c1-21-17-41(22(2)20-42)35(44)28-16-27(39-49(45,46)33-23(3)38-48-24(33)4)14-15-31(28)47-32(21)19-40(5)18-25-10-12-26(13-11-25)34(43)37-30-9-7-6-8-29(30)36/h6-16,21-22,32,39,42H,17-20,36H2,1-5H3,(H,37,43)/t21-,22-,32-/m0/s1. The van der Waals surface area contributed by atoms with Crippen LogP contribution in [-0.4, -0.2) is 79.2 Å². The molecule has 0 unspecified atom stereocenters. The van der Waals surface area contributed by atoms with Gasteiger partial charge in [-0.25, -0.2) is 8.42 Å². The lowest BCUT2D eigenvalue weighted by Crippen LogP contribution is -2.49. The number of carbonyl (C=O) groups excluding carboxylic acids is 2. The Hall–Kier alpha value is -4.92. The number of anilines is 3. The van der Waals surface area contributed by atoms with Gasteiger partial charge in [-0.1, -0.05) is 36.3 Å². The molecule has 0 spiro atoms. The Morgan fingerprint density at radius 2 is 1.86 bits per heavy atom. The molecule has 5 rings (SSSR count). The molecule has 2 amide bonds. The maximum Gasteiger partial charge on any atom is 0.267 e. The number of hydrogen-bond donors (Lipinski definition) is 4. The third-order valence-corrected chi connectivity index (χ3v) is 10.1. The fraction of sp³-hybridized carbons (Fsp3) is 0.343. The molecule has 3 atom stereocenters. The highest BCUT2D eigenvalue weighted by Gasteiger charge is 2.34. The van der Waals surface area contributed by atoms with Crippen molar-refractivity contribution >= 4 is 38.9 Å². The van der Waals surface area contributed by atoms with E-state index in [9.17, 15) is 23.1 Å². The van der Waals surface area contributed by atoms with Gasteiger partial charge in [-0.15, -0.1) is 0 Å². The predicted molar refractivity (Wildman–Crippen MR) is 186 cm³/mol. The van der Waals surface area contributed by atoms with Crippen molar-refractivity contribution in [1.82, 2.24) is 15.0 Å². The molecule has 14 heteroatoms. The van der Waals surface area contributed by atoms with Crippen LogP contribution >= 0.6 is 0 Å². The zero-order valence-corrected chi connectivity index (χ0v) is 29.0. The third-order valence-electron chi connectivity index (χ3n) is 8.52. The zero-order valence-electron chi connectivity index (χ0n) is 28.1. The molecule has 0 bridgehead atoms. The number of nitrogen functional groups attached to an aromatic ring is 1. The number of hydrogen-bond acceptors (Lipinski definition) is 10. The predicted octanol–water partition coefficient (Wildman–Crippen LogP) is 4.28. The summed E-state index contributed by atoms with van der Waals surface area (Å²) in [6.07, 6.45) is -0.364. The first-order valence-corrected chi connectivity index (χ1v) is 17.4. The summed E-state index contributed by atoms with van der Waals surface area (Å²) in [7, 11) is -2.10. The van der Waals surface area contributed by atoms with Crippen molar-refractivity contribution in [2.45, 2.75) is 51.3 Å². The van der Waals surface area contributed by atoms with Gasteiger partial charge in [0.2, 0.25) is 0 Å². The van der Waals surface area contributed by atoms with Gasteiger partial charge in [0, 0.05) is 36.8 Å². The number of aliphatic hydroxyl groups is 1. The number of aromatic nitrogens is 1. The number of amides is 2. The molecule has 2 heterocycles. The smallest absolute Gasteiger partial charge is 0.267 e. The Morgan fingerprint density at radius 3 is 2.51 bits per heavy atom. The quantitative estimate of drug-likeness (QED) is 0.166. The Kier molecular flexibility index (Phi) is 10.6. The summed E-state index contributed by atoms with van der Waals surface area (Å²) in [6.45, 7) is 7.91. The van der Waals surface area contributed by atoms with Crippen molar-refractivity contribution in [2.24, 2.45) is 5.92 Å². The maximum atomic E-state index is 13.8. The minimum atomic E-state index is -4.06. The number of nitrogens with two attached hydrogens (primary N) is 1. The lowest BCUT2D eigenvalue weighted by atomic mass is 9.99. The molecule has 1 aromatic heterocycles. The highest BCUT2D eigenvalue weighted by atomic mass is 32.2. The van der Waals surface area contributed by atoms with E-state index in [1.807, 2.05) is 26.1 Å². The number of nitrogens with one attached hydrogen (secondary N) is 2. The van der Waals surface area contributed by atoms with Gasteiger partial charge in [-0.3, -0.25) is 19.2 Å². The van der Waals surface area contributed by atoms with Crippen LogP contribution in [0.2, 0.25) is 0 Å². The van der Waals surface area contributed by atoms with E-state index in [1.54, 1.807) is 60.4 Å². The van der Waals surface area contributed by atoms with Crippen LogP contribution in [0.4, 0.5) is 17.1 Å². The molecular weight excluding hydrogens is 648 g/mol. The number of benzene rings is 3. The Labute approximate surface area is 286 Å². The normalized spacial score (nSPS) is 17.1. The van der Waals surface area contributed by atoms with Crippen molar-refractivity contribution in [1.29, 1.82) is 0 Å². The molecule has 3 aromatic carbocycles. The van der Waals surface area contributed by atoms with Gasteiger partial charge in [0.1, 0.15) is 17.5 Å². The molecule has 0 aliphatic carbocycles. The van der Waals surface area contributed by atoms with Crippen LogP contribution in [0.3, 0.4) is 0 Å². The van der Waals surface area contributed by atoms with E-state index in [4.69, 9.17) is 15.0 Å². The minimum absolute atomic E-state index is 0.0652. The first-order chi connectivity index (χ1) is 23.3. The van der Waals surface area contributed by atoms with E-state index in [0.717, 1.165) is 5.56 Å². The molecule has 260 valence electrons. The molecule has 5 N–H and O–H groups in total. The minimum Gasteiger partial charge on any atom is -0.488 e. The van der Waals surface area contributed by atoms with E-state index in [2.05, 4.69) is 20.1 Å². The average molecular weight is 691 g/mol. The van der Waals surface area contributed by atoms with Crippen molar-refractivity contribution in [3.8, 4) is 5.75 Å². The number of ether oxygens (including phenoxy) is 1. The maximum absolute atomic E-state index is 13.8. The first kappa shape index (κ1) is 35.4. The second-order valence-corrected chi connectivity index (χ2v) is 14.1. The molecule has 0 saturated carbocycles. The van der Waals surface area contributed by atoms with Crippen LogP contribution in [0.5, 0.6) is 5.75 Å². The van der Waals surface area contributed by atoms with Crippen LogP contribution in [0.1, 0.15) is 51.6 Å². The topological polar surface area (TPSA) is 180 Å². The molecule has 0 fully saturated rings. The van der Waals surface area contributed by atoms with E-state index in [0.29, 0.717) is 42.3 Å². The van der Waals surface area contributed by atoms with Crippen LogP contribution in [-0.2, 0) is 16.6 Å². The number of rotatable bonds is 11. The van der Waals surface area contributed by atoms with Gasteiger partial charge in [-0.2, -0.15) is 0 Å². The molecular formula is C35H42N6O7S. The van der Waals surface area contributed by atoms with Crippen molar-refractivity contribution < 1.29 is 32.4 Å². The number of sulfonamides is 1. The molecule has 1 aliphatic rings. The summed E-state index contributed by atoms with van der Waals surface area (Å²) < 4.78 is 40.5. The second kappa shape index (κ2) is 14.7. The summed E-state index contributed by atoms with van der Waals surface area (Å²) in [5, 5.41) is 16.6. The lowest BCUT2D eigenvalue weighted by Gasteiger charge is -2.38. The largest absolute Gasteiger partial charge is 0.488 e. The highest BCUT2D eigenvalue weighted by molar-refractivity contribution is 7.92. The van der Waals surface area contributed by atoms with Crippen molar-refractivity contribution in [3.05, 3.63) is 94.9 Å². The van der Waals surface area contributed by atoms with Crippen molar-refractivity contribution in [2.75, 3.05) is 42.5 Å². The number of carbonyl (C=O) groups is 2. The SMILES string of the molecule is Cc1noc(C)c1S(=O)(=O)Nc1ccc2c(c1)C(=O)N([C@@H](C)CO)C[C@H](C)[C@H](CN(C)Cc1ccc(C(=O)Nc3ccccc3N)cc1)O2. The van der Waals surface area contributed by atoms with Gasteiger partial charge in [0.25, 0.3) is 21.8 Å². The summed E-state index contributed by atoms with van der Waals surface area (Å²) >= 11 is 0. The van der Waals surface area contributed by atoms with Gasteiger partial charge >= 0.3 is 0 Å². The molecule has 1 aliphatic heterocycles. The van der Waals surface area contributed by atoms with E-state index in [1.165, 1.54) is 19.9 Å². The Balaban J connectivity index is 1.33. The van der Waals surface area contributed by atoms with Crippen LogP contribution in [0.15, 0.2) is 76.1 Å². The Bertz CT molecular complexity index is 1910. The number of fused-ring (bicyclic) bond motifs is 1. The lowest BCUT2D eigenvalue weighted by molar-refractivity contribution is 0.0341. The molecule has 0 saturated heterocycles. The average Bonchev–Trinajstić information content (AvgIpc) is 3.42. The van der Waals surface area contributed by atoms with E-state index < -0.39 is 16.1 Å². The summed E-state index contributed by atoms with van der Waals surface area (Å²) in [6, 6.07) is 18.5. The van der Waals surface area contributed by atoms with Crippen LogP contribution in [0.25, 0.3) is 0 Å². The zero-order chi connectivity index (χ0) is 35.5. The first-order valence-electron chi connectivity index (χ1n) is 15.9. The number of para-hydroxylation sites is 2. The number of likely N-dealkylation sites (N-methyl/N-ethyl adjacent to an activating group) is 1. The van der Waals surface area contributed by atoms with Crippen molar-refractivity contribution in [3.63, 3.8) is 0 Å². The summed E-state index contributed by atoms with van der Waals surface area (Å²) in [5.74, 6) is -0.311. The third kappa shape index (κ3) is 8.04. The number of aliphatic hydroxyl groups excluding tert-OH is 1. The number of nitrogens with zero attached hydrogens (tertiary/aromatic N) is 3. The number of aryl methyl sites for hydroxylation is 2. The molecule has 49 heavy (non-hydrogen) atoms. The van der Waals surface area contributed by atoms with Gasteiger partial charge in [-0.05, 0) is 75.8 Å². The molecule has 4 aromatic rings. The summed E-state index contributed by atoms with van der Waals surface area (Å²) in [5.41, 5.74) is 9.03. The van der Waals surface area contributed by atoms with E-state index >= 15 is 0 Å². The fourth-order valence-corrected chi connectivity index (χ4v) is 7.20. The second-order valence-electron chi connectivity index (χ2n) is 12.5. The monoisotopic (exact) mass is 690 g/mol. The van der Waals surface area contributed by atoms with Gasteiger partial charge in [0.15, 0.2) is 10.7 Å². The summed E-state index contributed by atoms with van der Waals surface area (Å²) in [4.78, 5) is 30.2. The highest BCUT2D eigenvalue weighted by Crippen LogP contribution is 2.32. The molecule has 13 nitrogen and oxygen atoms in total. The van der Waals surface area contributed by atoms with Crippen LogP contribution < -0.4 is 20.5 Å². The Morgan fingerprint density at radius 1 is 1.14 bits per heavy atom. The van der Waals surface area contributed by atoms with Gasteiger partial charge < -0.3 is 30.3 Å². The van der Waals surface area contributed by atoms with E-state index in [-0.39, 0.29) is 58.0 Å². The van der Waals surface area contributed by atoms with Crippen LogP contribution in [0, 0.1) is 19.8 Å².